The van der Waals surface area contributed by atoms with Gasteiger partial charge in [0.2, 0.25) is 0 Å². The minimum Gasteiger partial charge on any atom is -0.481 e. The minimum absolute atomic E-state index is 0.0407. The van der Waals surface area contributed by atoms with Gasteiger partial charge in [-0.3, -0.25) is 9.59 Å². The fraction of sp³-hybridized carbons (Fsp3) is 0.429. The molecule has 1 aromatic carbocycles. The van der Waals surface area contributed by atoms with Crippen LogP contribution in [0.4, 0.5) is 0 Å². The highest BCUT2D eigenvalue weighted by atomic mass is 16.4. The van der Waals surface area contributed by atoms with E-state index in [2.05, 4.69) is 4.90 Å². The minimum atomic E-state index is -0.902. The van der Waals surface area contributed by atoms with Crippen molar-refractivity contribution in [1.29, 1.82) is 0 Å². The topological polar surface area (TPSA) is 60.9 Å². The summed E-state index contributed by atoms with van der Waals surface area (Å²) in [4.78, 5) is 26.0. The Bertz CT molecular complexity index is 441. The number of rotatable bonds is 6. The highest BCUT2D eigenvalue weighted by Gasteiger charge is 2.12. The Morgan fingerprint density at radius 3 is 2.16 bits per heavy atom. The van der Waals surface area contributed by atoms with Crippen LogP contribution in [-0.2, 0) is 11.3 Å². The van der Waals surface area contributed by atoms with Crippen LogP contribution in [0, 0.1) is 0 Å². The molecule has 0 saturated heterocycles. The highest BCUT2D eigenvalue weighted by molar-refractivity contribution is 5.94. The third kappa shape index (κ3) is 5.09. The van der Waals surface area contributed by atoms with E-state index in [0.29, 0.717) is 5.56 Å². The molecule has 0 aliphatic carbocycles. The van der Waals surface area contributed by atoms with Crippen molar-refractivity contribution in [1.82, 2.24) is 9.80 Å². The molecule has 0 aromatic heterocycles. The summed E-state index contributed by atoms with van der Waals surface area (Å²) in [5.74, 6) is -1.06. The van der Waals surface area contributed by atoms with Crippen LogP contribution in [0.5, 0.6) is 0 Å². The van der Waals surface area contributed by atoms with Gasteiger partial charge < -0.3 is 14.9 Å². The number of amides is 1. The van der Waals surface area contributed by atoms with E-state index in [9.17, 15) is 9.59 Å². The molecule has 0 atom stereocenters. The molecule has 0 spiro atoms. The van der Waals surface area contributed by atoms with Crippen LogP contribution in [0.15, 0.2) is 24.3 Å². The molecule has 0 aliphatic rings. The Labute approximate surface area is 113 Å². The van der Waals surface area contributed by atoms with Crippen molar-refractivity contribution in [3.8, 4) is 0 Å². The maximum atomic E-state index is 12.0. The van der Waals surface area contributed by atoms with Gasteiger partial charge >= 0.3 is 5.97 Å². The van der Waals surface area contributed by atoms with E-state index in [1.165, 1.54) is 4.90 Å². The number of carboxylic acids is 1. The molecular formula is C14H20N2O3. The predicted octanol–water partition coefficient (Wildman–Crippen LogP) is 1.29. The lowest BCUT2D eigenvalue weighted by Gasteiger charge is -2.16. The van der Waals surface area contributed by atoms with Crippen molar-refractivity contribution >= 4 is 11.9 Å². The second kappa shape index (κ2) is 6.89. The Hall–Kier alpha value is -1.88. The van der Waals surface area contributed by atoms with Gasteiger partial charge in [-0.2, -0.15) is 0 Å². The van der Waals surface area contributed by atoms with Gasteiger partial charge in [-0.1, -0.05) is 12.1 Å². The number of carbonyl (C=O) groups excluding carboxylic acids is 1. The smallest absolute Gasteiger partial charge is 0.305 e. The maximum absolute atomic E-state index is 12.0. The fourth-order valence-electron chi connectivity index (χ4n) is 1.70. The van der Waals surface area contributed by atoms with Gasteiger partial charge in [-0.25, -0.2) is 0 Å². The Morgan fingerprint density at radius 1 is 1.11 bits per heavy atom. The number of carbonyl (C=O) groups is 2. The van der Waals surface area contributed by atoms with Gasteiger partial charge in [0.1, 0.15) is 0 Å². The Balaban J connectivity index is 2.64. The molecule has 0 unspecified atom stereocenters. The van der Waals surface area contributed by atoms with E-state index in [0.717, 1.165) is 12.1 Å². The molecule has 0 heterocycles. The quantitative estimate of drug-likeness (QED) is 0.841. The standard InChI is InChI=1S/C14H20N2O3/c1-15(2)10-11-4-6-12(7-5-11)14(19)16(3)9-8-13(17)18/h4-7H,8-10H2,1-3H3,(H,17,18). The van der Waals surface area contributed by atoms with Crippen molar-refractivity contribution < 1.29 is 14.7 Å². The first kappa shape index (κ1) is 15.2. The van der Waals surface area contributed by atoms with Crippen LogP contribution >= 0.6 is 0 Å². The first-order valence-corrected chi connectivity index (χ1v) is 6.11. The summed E-state index contributed by atoms with van der Waals surface area (Å²) in [7, 11) is 5.58. The highest BCUT2D eigenvalue weighted by Crippen LogP contribution is 2.08. The average molecular weight is 264 g/mol. The molecular weight excluding hydrogens is 244 g/mol. The molecule has 0 aliphatic heterocycles. The van der Waals surface area contributed by atoms with Crippen LogP contribution in [0.3, 0.4) is 0 Å². The summed E-state index contributed by atoms with van der Waals surface area (Å²) in [6, 6.07) is 7.38. The van der Waals surface area contributed by atoms with Gasteiger partial charge in [-0.05, 0) is 31.8 Å². The monoisotopic (exact) mass is 264 g/mol. The van der Waals surface area contributed by atoms with Crippen LogP contribution in [0.1, 0.15) is 22.3 Å². The van der Waals surface area contributed by atoms with Crippen molar-refractivity contribution in [2.75, 3.05) is 27.7 Å². The van der Waals surface area contributed by atoms with Crippen LogP contribution < -0.4 is 0 Å². The molecule has 1 rings (SSSR count). The number of aliphatic carboxylic acids is 1. The van der Waals surface area contributed by atoms with Gasteiger partial charge in [0.15, 0.2) is 0 Å². The van der Waals surface area contributed by atoms with Gasteiger partial charge in [0, 0.05) is 25.7 Å². The summed E-state index contributed by atoms with van der Waals surface area (Å²) in [5, 5.41) is 8.59. The molecule has 104 valence electrons. The number of hydrogen-bond donors (Lipinski definition) is 1. The Kier molecular flexibility index (Phi) is 5.51. The third-order valence-electron chi connectivity index (χ3n) is 2.71. The Morgan fingerprint density at radius 2 is 1.68 bits per heavy atom. The average Bonchev–Trinajstić information content (AvgIpc) is 2.35. The lowest BCUT2D eigenvalue weighted by molar-refractivity contribution is -0.137. The molecule has 1 aromatic rings. The van der Waals surface area contributed by atoms with E-state index in [1.54, 1.807) is 19.2 Å². The van der Waals surface area contributed by atoms with E-state index in [4.69, 9.17) is 5.11 Å². The molecule has 0 fully saturated rings. The van der Waals surface area contributed by atoms with Crippen molar-refractivity contribution in [2.45, 2.75) is 13.0 Å². The second-order valence-electron chi connectivity index (χ2n) is 4.81. The number of carboxylic acid groups (broad SMARTS) is 1. The molecule has 1 amide bonds. The zero-order valence-electron chi connectivity index (χ0n) is 11.6. The lowest BCUT2D eigenvalue weighted by atomic mass is 10.1. The summed E-state index contributed by atoms with van der Waals surface area (Å²) in [5.41, 5.74) is 1.71. The maximum Gasteiger partial charge on any atom is 0.305 e. The summed E-state index contributed by atoms with van der Waals surface area (Å²) < 4.78 is 0. The molecule has 19 heavy (non-hydrogen) atoms. The summed E-state index contributed by atoms with van der Waals surface area (Å²) in [6.07, 6.45) is -0.0407. The molecule has 0 radical (unpaired) electrons. The first-order valence-electron chi connectivity index (χ1n) is 6.11. The molecule has 5 nitrogen and oxygen atoms in total. The van der Waals surface area contributed by atoms with Crippen molar-refractivity contribution in [3.05, 3.63) is 35.4 Å². The first-order chi connectivity index (χ1) is 8.90. The van der Waals surface area contributed by atoms with E-state index in [1.807, 2.05) is 26.2 Å². The van der Waals surface area contributed by atoms with Crippen molar-refractivity contribution in [2.24, 2.45) is 0 Å². The van der Waals surface area contributed by atoms with E-state index < -0.39 is 5.97 Å². The predicted molar refractivity (Wildman–Crippen MR) is 73.0 cm³/mol. The summed E-state index contributed by atoms with van der Waals surface area (Å²) >= 11 is 0. The zero-order valence-corrected chi connectivity index (χ0v) is 11.6. The molecule has 0 saturated carbocycles. The van der Waals surface area contributed by atoms with Gasteiger partial charge in [-0.15, -0.1) is 0 Å². The largest absolute Gasteiger partial charge is 0.481 e. The number of hydrogen-bond acceptors (Lipinski definition) is 3. The van der Waals surface area contributed by atoms with E-state index in [-0.39, 0.29) is 18.9 Å². The van der Waals surface area contributed by atoms with Gasteiger partial charge in [0.25, 0.3) is 5.91 Å². The van der Waals surface area contributed by atoms with Crippen LogP contribution in [-0.4, -0.2) is 54.5 Å². The second-order valence-corrected chi connectivity index (χ2v) is 4.81. The number of nitrogens with zero attached hydrogens (tertiary/aromatic N) is 2. The van der Waals surface area contributed by atoms with E-state index >= 15 is 0 Å². The normalized spacial score (nSPS) is 10.5. The van der Waals surface area contributed by atoms with Crippen LogP contribution in [0.25, 0.3) is 0 Å². The van der Waals surface area contributed by atoms with Crippen LogP contribution in [0.2, 0.25) is 0 Å². The zero-order chi connectivity index (χ0) is 14.4. The third-order valence-corrected chi connectivity index (χ3v) is 2.71. The summed E-state index contributed by atoms with van der Waals surface area (Å²) in [6.45, 7) is 1.04. The van der Waals surface area contributed by atoms with Gasteiger partial charge in [0.05, 0.1) is 6.42 Å². The molecule has 5 heteroatoms. The SMILES string of the molecule is CN(C)Cc1ccc(C(=O)N(C)CCC(=O)O)cc1. The molecule has 0 bridgehead atoms. The lowest BCUT2D eigenvalue weighted by Crippen LogP contribution is -2.29. The van der Waals surface area contributed by atoms with Crippen molar-refractivity contribution in [3.63, 3.8) is 0 Å². The fourth-order valence-corrected chi connectivity index (χ4v) is 1.70. The number of benzene rings is 1. The molecule has 1 N–H and O–H groups in total.